The van der Waals surface area contributed by atoms with Gasteiger partial charge in [-0.25, -0.2) is 0 Å². The third-order valence-electron chi connectivity index (χ3n) is 2.95. The smallest absolute Gasteiger partial charge is 0.227 e. The van der Waals surface area contributed by atoms with Crippen molar-refractivity contribution in [2.75, 3.05) is 19.7 Å². The number of nitrogens with zero attached hydrogens (tertiary/aromatic N) is 1. The van der Waals surface area contributed by atoms with Gasteiger partial charge in [-0.15, -0.1) is 0 Å². The molecular weight excluding hydrogens is 180 g/mol. The van der Waals surface area contributed by atoms with Crippen LogP contribution in [0.1, 0.15) is 26.2 Å². The lowest BCUT2D eigenvalue weighted by molar-refractivity contribution is -0.136. The number of rotatable bonds is 4. The minimum atomic E-state index is -0.0125. The predicted molar refractivity (Wildman–Crippen MR) is 54.7 cm³/mol. The number of nitrogens with two attached hydrogens (primary N) is 1. The van der Waals surface area contributed by atoms with Gasteiger partial charge in [0.05, 0.1) is 12.5 Å². The molecule has 2 atom stereocenters. The summed E-state index contributed by atoms with van der Waals surface area (Å²) >= 11 is 0. The molecule has 2 unspecified atom stereocenters. The molecule has 1 aliphatic carbocycles. The first-order chi connectivity index (χ1) is 6.70. The van der Waals surface area contributed by atoms with E-state index in [0.717, 1.165) is 19.3 Å². The molecule has 0 saturated heterocycles. The number of hydrogen-bond donors (Lipinski definition) is 2. The van der Waals surface area contributed by atoms with Gasteiger partial charge in [-0.2, -0.15) is 0 Å². The molecule has 0 spiro atoms. The van der Waals surface area contributed by atoms with Gasteiger partial charge in [0.2, 0.25) is 5.91 Å². The van der Waals surface area contributed by atoms with Crippen LogP contribution >= 0.6 is 0 Å². The van der Waals surface area contributed by atoms with E-state index < -0.39 is 0 Å². The second-order valence-electron chi connectivity index (χ2n) is 3.84. The summed E-state index contributed by atoms with van der Waals surface area (Å²) in [7, 11) is 0. The van der Waals surface area contributed by atoms with Crippen LogP contribution in [0, 0.1) is 5.92 Å². The fraction of sp³-hybridized carbons (Fsp3) is 0.900. The number of carbonyl (C=O) groups excluding carboxylic acids is 1. The highest BCUT2D eigenvalue weighted by molar-refractivity contribution is 5.79. The van der Waals surface area contributed by atoms with Crippen LogP contribution in [-0.2, 0) is 4.79 Å². The molecule has 4 nitrogen and oxygen atoms in total. The summed E-state index contributed by atoms with van der Waals surface area (Å²) in [6.07, 6.45) is 2.91. The van der Waals surface area contributed by atoms with Gasteiger partial charge in [0.1, 0.15) is 0 Å². The number of carbonyl (C=O) groups is 1. The molecule has 4 heteroatoms. The summed E-state index contributed by atoms with van der Waals surface area (Å²) in [6.45, 7) is 3.04. The highest BCUT2D eigenvalue weighted by atomic mass is 16.3. The predicted octanol–water partition coefficient (Wildman–Crippen LogP) is -0.0454. The van der Waals surface area contributed by atoms with E-state index in [-0.39, 0.29) is 24.5 Å². The van der Waals surface area contributed by atoms with Crippen molar-refractivity contribution in [1.82, 2.24) is 4.90 Å². The summed E-state index contributed by atoms with van der Waals surface area (Å²) in [5.41, 5.74) is 5.86. The van der Waals surface area contributed by atoms with E-state index in [4.69, 9.17) is 10.8 Å². The molecule has 0 aromatic rings. The molecule has 0 aromatic heterocycles. The first-order valence-electron chi connectivity index (χ1n) is 5.36. The first kappa shape index (κ1) is 11.5. The number of aliphatic hydroxyl groups excluding tert-OH is 1. The lowest BCUT2D eigenvalue weighted by Gasteiger charge is -2.25. The van der Waals surface area contributed by atoms with Gasteiger partial charge in [0, 0.05) is 19.1 Å². The van der Waals surface area contributed by atoms with Gasteiger partial charge in [-0.05, 0) is 19.8 Å². The molecule has 1 fully saturated rings. The third kappa shape index (κ3) is 2.45. The Kier molecular flexibility index (Phi) is 4.35. The van der Waals surface area contributed by atoms with Crippen molar-refractivity contribution >= 4 is 5.91 Å². The average molecular weight is 200 g/mol. The monoisotopic (exact) mass is 200 g/mol. The van der Waals surface area contributed by atoms with Crippen molar-refractivity contribution in [2.24, 2.45) is 11.7 Å². The highest BCUT2D eigenvalue weighted by Crippen LogP contribution is 2.25. The average Bonchev–Trinajstić information content (AvgIpc) is 2.59. The molecule has 0 radical (unpaired) electrons. The van der Waals surface area contributed by atoms with Crippen LogP contribution in [0.15, 0.2) is 0 Å². The van der Waals surface area contributed by atoms with Crippen LogP contribution < -0.4 is 5.73 Å². The zero-order valence-corrected chi connectivity index (χ0v) is 8.78. The maximum atomic E-state index is 11.9. The molecular formula is C10H20N2O2. The Morgan fingerprint density at radius 3 is 2.71 bits per heavy atom. The Morgan fingerprint density at radius 1 is 1.57 bits per heavy atom. The molecule has 1 rings (SSSR count). The minimum absolute atomic E-state index is 0.0125. The summed E-state index contributed by atoms with van der Waals surface area (Å²) in [6, 6.07) is 0.0234. The van der Waals surface area contributed by atoms with Crippen molar-refractivity contribution in [1.29, 1.82) is 0 Å². The van der Waals surface area contributed by atoms with Crippen molar-refractivity contribution in [3.05, 3.63) is 0 Å². The second-order valence-corrected chi connectivity index (χ2v) is 3.84. The molecule has 1 amide bonds. The van der Waals surface area contributed by atoms with Crippen LogP contribution in [0.25, 0.3) is 0 Å². The zero-order valence-electron chi connectivity index (χ0n) is 8.78. The minimum Gasteiger partial charge on any atom is -0.395 e. The molecule has 0 bridgehead atoms. The maximum Gasteiger partial charge on any atom is 0.227 e. The van der Waals surface area contributed by atoms with Gasteiger partial charge in [0.15, 0.2) is 0 Å². The Labute approximate surface area is 85.1 Å². The van der Waals surface area contributed by atoms with Gasteiger partial charge < -0.3 is 15.7 Å². The molecule has 0 aromatic carbocycles. The van der Waals surface area contributed by atoms with E-state index in [0.29, 0.717) is 13.1 Å². The van der Waals surface area contributed by atoms with Crippen LogP contribution in [0.2, 0.25) is 0 Å². The maximum absolute atomic E-state index is 11.9. The standard InChI is InChI=1S/C10H20N2O2/c1-2-12(6-7-13)10(14)8-4-3-5-9(8)11/h8-9,13H,2-7,11H2,1H3. The van der Waals surface area contributed by atoms with Crippen molar-refractivity contribution < 1.29 is 9.90 Å². The van der Waals surface area contributed by atoms with Crippen molar-refractivity contribution in [2.45, 2.75) is 32.2 Å². The SMILES string of the molecule is CCN(CCO)C(=O)C1CCCC1N. The van der Waals surface area contributed by atoms with Crippen LogP contribution in [-0.4, -0.2) is 41.7 Å². The largest absolute Gasteiger partial charge is 0.395 e. The van der Waals surface area contributed by atoms with Gasteiger partial charge in [0.25, 0.3) is 0 Å². The number of hydrogen-bond acceptors (Lipinski definition) is 3. The normalized spacial score (nSPS) is 26.5. The fourth-order valence-electron chi connectivity index (χ4n) is 2.07. The van der Waals surface area contributed by atoms with E-state index in [1.54, 1.807) is 4.90 Å². The van der Waals surface area contributed by atoms with Gasteiger partial charge >= 0.3 is 0 Å². The van der Waals surface area contributed by atoms with E-state index >= 15 is 0 Å². The fourth-order valence-corrected chi connectivity index (χ4v) is 2.07. The third-order valence-corrected chi connectivity index (χ3v) is 2.95. The molecule has 1 saturated carbocycles. The molecule has 1 aliphatic rings. The Balaban J connectivity index is 2.52. The van der Waals surface area contributed by atoms with E-state index in [9.17, 15) is 4.79 Å². The van der Waals surface area contributed by atoms with Crippen LogP contribution in [0.4, 0.5) is 0 Å². The van der Waals surface area contributed by atoms with E-state index in [1.165, 1.54) is 0 Å². The van der Waals surface area contributed by atoms with Gasteiger partial charge in [-0.1, -0.05) is 6.42 Å². The molecule has 14 heavy (non-hydrogen) atoms. The van der Waals surface area contributed by atoms with Crippen molar-refractivity contribution in [3.8, 4) is 0 Å². The topological polar surface area (TPSA) is 66.6 Å². The molecule has 0 heterocycles. The first-order valence-corrected chi connectivity index (χ1v) is 5.36. The molecule has 82 valence electrons. The van der Waals surface area contributed by atoms with Crippen LogP contribution in [0.5, 0.6) is 0 Å². The quantitative estimate of drug-likeness (QED) is 0.669. The van der Waals surface area contributed by atoms with E-state index in [1.807, 2.05) is 6.92 Å². The second kappa shape index (κ2) is 5.32. The summed E-state index contributed by atoms with van der Waals surface area (Å²) in [5.74, 6) is 0.105. The number of likely N-dealkylation sites (N-methyl/N-ethyl adjacent to an activating group) is 1. The van der Waals surface area contributed by atoms with E-state index in [2.05, 4.69) is 0 Å². The molecule has 3 N–H and O–H groups in total. The zero-order chi connectivity index (χ0) is 10.6. The Morgan fingerprint density at radius 2 is 2.29 bits per heavy atom. The van der Waals surface area contributed by atoms with Crippen molar-refractivity contribution in [3.63, 3.8) is 0 Å². The number of amides is 1. The molecule has 0 aliphatic heterocycles. The lowest BCUT2D eigenvalue weighted by Crippen LogP contribution is -2.42. The summed E-state index contributed by atoms with van der Waals surface area (Å²) < 4.78 is 0. The lowest BCUT2D eigenvalue weighted by atomic mass is 10.0. The van der Waals surface area contributed by atoms with Gasteiger partial charge in [-0.3, -0.25) is 4.79 Å². The van der Waals surface area contributed by atoms with Crippen LogP contribution in [0.3, 0.4) is 0 Å². The Hall–Kier alpha value is -0.610. The Bertz CT molecular complexity index is 197. The number of aliphatic hydroxyl groups is 1. The highest BCUT2D eigenvalue weighted by Gasteiger charge is 2.32. The summed E-state index contributed by atoms with van der Waals surface area (Å²) in [4.78, 5) is 13.6. The summed E-state index contributed by atoms with van der Waals surface area (Å²) in [5, 5.41) is 8.80.